The summed E-state index contributed by atoms with van der Waals surface area (Å²) in [7, 11) is 3.37. The Bertz CT molecular complexity index is 1420. The first-order chi connectivity index (χ1) is 18.8. The molecule has 1 fully saturated rings. The summed E-state index contributed by atoms with van der Waals surface area (Å²) in [5.41, 5.74) is 6.54. The van der Waals surface area contributed by atoms with Crippen LogP contribution in [0, 0.1) is 34.5 Å². The number of fused-ring (bicyclic) bond motifs is 3. The number of rotatable bonds is 4. The number of nitriles is 1. The van der Waals surface area contributed by atoms with Crippen LogP contribution in [-0.4, -0.2) is 75.8 Å². The predicted octanol–water partition coefficient (Wildman–Crippen LogP) is 2.50. The van der Waals surface area contributed by atoms with Gasteiger partial charge in [0.1, 0.15) is 22.8 Å². The van der Waals surface area contributed by atoms with E-state index in [9.17, 15) is 35.0 Å². The van der Waals surface area contributed by atoms with E-state index in [-0.39, 0.29) is 35.1 Å². The highest BCUT2D eigenvalue weighted by atomic mass is 16.3. The van der Waals surface area contributed by atoms with E-state index in [2.05, 4.69) is 24.8 Å². The molecule has 0 bridgehead atoms. The zero-order valence-corrected chi connectivity index (χ0v) is 23.3. The molecule has 10 nitrogen and oxygen atoms in total. The number of likely N-dealkylation sites (tertiary alicyclic amines) is 1. The standard InChI is InChI=1S/C30H36N4O6/c1-30(2)5-7-34(8-6-30)13-15-11-19(35)21-16(18(15)12-31)9-14-10-17-22(26(37)20(14)25(21)36)27(38)23(29(32)40)28(39)24(17)33(3)4/h11,14,17,22,24,35,37,39H,5-10,13H2,1-4H3,(H2,32,40)/t14-,17+,22+,24-/m0/s1. The van der Waals surface area contributed by atoms with Crippen LogP contribution in [0.4, 0.5) is 0 Å². The van der Waals surface area contributed by atoms with Crippen molar-refractivity contribution in [2.24, 2.45) is 28.9 Å². The first-order valence-electron chi connectivity index (χ1n) is 13.7. The molecule has 0 saturated carbocycles. The Morgan fingerprint density at radius 1 is 1.18 bits per heavy atom. The summed E-state index contributed by atoms with van der Waals surface area (Å²) in [6.07, 6.45) is 2.50. The molecule has 1 amide bonds. The summed E-state index contributed by atoms with van der Waals surface area (Å²) in [6, 6.07) is 2.95. The molecule has 3 aliphatic carbocycles. The third-order valence-corrected chi connectivity index (χ3v) is 9.37. The first-order valence-corrected chi connectivity index (χ1v) is 13.7. The number of Topliss-reactive ketones (excluding diaryl/α,β-unsaturated/α-hetero) is 2. The van der Waals surface area contributed by atoms with Crippen molar-refractivity contribution in [3.8, 4) is 11.8 Å². The number of piperidine rings is 1. The van der Waals surface area contributed by atoms with Crippen molar-refractivity contribution in [1.82, 2.24) is 9.80 Å². The van der Waals surface area contributed by atoms with Gasteiger partial charge in [0, 0.05) is 12.1 Å². The van der Waals surface area contributed by atoms with E-state index in [4.69, 9.17) is 5.73 Å². The van der Waals surface area contributed by atoms with Crippen LogP contribution in [-0.2, 0) is 22.6 Å². The van der Waals surface area contributed by atoms with Crippen LogP contribution in [0.1, 0.15) is 60.2 Å². The number of allylic oxidation sites excluding steroid dienone is 2. The van der Waals surface area contributed by atoms with Gasteiger partial charge in [0.05, 0.1) is 29.2 Å². The number of nitrogens with two attached hydrogens (primary N) is 1. The van der Waals surface area contributed by atoms with Crippen molar-refractivity contribution < 1.29 is 29.7 Å². The van der Waals surface area contributed by atoms with Gasteiger partial charge in [-0.05, 0) is 87.3 Å². The minimum atomic E-state index is -1.23. The molecule has 1 aliphatic heterocycles. The molecule has 0 spiro atoms. The van der Waals surface area contributed by atoms with Crippen LogP contribution in [0.15, 0.2) is 28.7 Å². The Hall–Kier alpha value is -3.68. The van der Waals surface area contributed by atoms with Crippen molar-refractivity contribution in [3.05, 3.63) is 51.0 Å². The monoisotopic (exact) mass is 548 g/mol. The van der Waals surface area contributed by atoms with Crippen LogP contribution in [0.5, 0.6) is 5.75 Å². The zero-order valence-electron chi connectivity index (χ0n) is 23.3. The molecule has 40 heavy (non-hydrogen) atoms. The highest BCUT2D eigenvalue weighted by Crippen LogP contribution is 2.51. The van der Waals surface area contributed by atoms with Crippen LogP contribution >= 0.6 is 0 Å². The molecule has 1 saturated heterocycles. The number of carbonyl (C=O) groups excluding carboxylic acids is 3. The number of aliphatic hydroxyl groups is 2. The predicted molar refractivity (Wildman–Crippen MR) is 145 cm³/mol. The number of phenols is 1. The number of likely N-dealkylation sites (N-methyl/N-ethyl adjacent to an activating group) is 1. The van der Waals surface area contributed by atoms with Gasteiger partial charge in [0.15, 0.2) is 11.6 Å². The smallest absolute Gasteiger partial charge is 0.255 e. The number of hydrogen-bond acceptors (Lipinski definition) is 9. The summed E-state index contributed by atoms with van der Waals surface area (Å²) < 4.78 is 0. The second-order valence-corrected chi connectivity index (χ2v) is 12.6. The number of phenolic OH excluding ortho intramolecular Hbond substituents is 1. The molecule has 0 radical (unpaired) electrons. The van der Waals surface area contributed by atoms with Gasteiger partial charge in [-0.15, -0.1) is 0 Å². The fourth-order valence-electron chi connectivity index (χ4n) is 7.23. The van der Waals surface area contributed by atoms with E-state index >= 15 is 0 Å². The van der Waals surface area contributed by atoms with Crippen LogP contribution in [0.25, 0.3) is 0 Å². The van der Waals surface area contributed by atoms with E-state index in [1.165, 1.54) is 6.07 Å². The molecular weight excluding hydrogens is 512 g/mol. The second-order valence-electron chi connectivity index (χ2n) is 12.6. The van der Waals surface area contributed by atoms with E-state index < -0.39 is 58.4 Å². The zero-order chi connectivity index (χ0) is 29.3. The Morgan fingerprint density at radius 3 is 2.40 bits per heavy atom. The Labute approximate surface area is 233 Å². The molecule has 4 atom stereocenters. The van der Waals surface area contributed by atoms with Crippen molar-refractivity contribution in [3.63, 3.8) is 0 Å². The molecular formula is C30H36N4O6. The van der Waals surface area contributed by atoms with Crippen LogP contribution in [0.3, 0.4) is 0 Å². The molecule has 4 aliphatic rings. The number of nitrogens with zero attached hydrogens (tertiary/aromatic N) is 3. The van der Waals surface area contributed by atoms with Gasteiger partial charge in [-0.25, -0.2) is 0 Å². The quantitative estimate of drug-likeness (QED) is 0.413. The van der Waals surface area contributed by atoms with Gasteiger partial charge in [-0.3, -0.25) is 24.2 Å². The number of aromatic hydroxyl groups is 1. The van der Waals surface area contributed by atoms with E-state index in [0.29, 0.717) is 23.2 Å². The van der Waals surface area contributed by atoms with Crippen molar-refractivity contribution >= 4 is 17.5 Å². The Kier molecular flexibility index (Phi) is 6.79. The Morgan fingerprint density at radius 2 is 1.82 bits per heavy atom. The third-order valence-electron chi connectivity index (χ3n) is 9.37. The minimum Gasteiger partial charge on any atom is -0.511 e. The lowest BCUT2D eigenvalue weighted by Gasteiger charge is -2.46. The molecule has 5 rings (SSSR count). The molecule has 0 unspecified atom stereocenters. The summed E-state index contributed by atoms with van der Waals surface area (Å²) >= 11 is 0. The number of carbonyl (C=O) groups is 3. The van der Waals surface area contributed by atoms with Gasteiger partial charge in [0.2, 0.25) is 0 Å². The number of aliphatic hydroxyl groups excluding tert-OH is 2. The van der Waals surface area contributed by atoms with Gasteiger partial charge < -0.3 is 21.1 Å². The van der Waals surface area contributed by atoms with Crippen molar-refractivity contribution in [2.75, 3.05) is 27.2 Å². The largest absolute Gasteiger partial charge is 0.511 e. The molecule has 10 heteroatoms. The molecule has 5 N–H and O–H groups in total. The van der Waals surface area contributed by atoms with Crippen molar-refractivity contribution in [2.45, 2.75) is 52.1 Å². The topological polar surface area (TPSA) is 168 Å². The molecule has 1 aromatic rings. The minimum absolute atomic E-state index is 0.00928. The number of hydrogen-bond donors (Lipinski definition) is 4. The summed E-state index contributed by atoms with van der Waals surface area (Å²) in [6.45, 7) is 6.68. The number of amides is 1. The summed E-state index contributed by atoms with van der Waals surface area (Å²) in [5.74, 6) is -6.12. The lowest BCUT2D eigenvalue weighted by atomic mass is 9.60. The maximum Gasteiger partial charge on any atom is 0.255 e. The van der Waals surface area contributed by atoms with E-state index in [0.717, 1.165) is 25.9 Å². The van der Waals surface area contributed by atoms with E-state index in [1.807, 2.05) is 0 Å². The van der Waals surface area contributed by atoms with Crippen LogP contribution in [0.2, 0.25) is 0 Å². The van der Waals surface area contributed by atoms with Crippen LogP contribution < -0.4 is 5.73 Å². The molecule has 1 aromatic carbocycles. The van der Waals surface area contributed by atoms with Gasteiger partial charge in [0.25, 0.3) is 5.91 Å². The lowest BCUT2D eigenvalue weighted by molar-refractivity contribution is -0.127. The molecule has 0 aromatic heterocycles. The van der Waals surface area contributed by atoms with Gasteiger partial charge in [-0.1, -0.05) is 13.8 Å². The third kappa shape index (κ3) is 4.28. The summed E-state index contributed by atoms with van der Waals surface area (Å²) in [5, 5.41) is 43.5. The average Bonchev–Trinajstić information content (AvgIpc) is 2.84. The Balaban J connectivity index is 1.57. The van der Waals surface area contributed by atoms with E-state index in [1.54, 1.807) is 19.0 Å². The normalized spacial score (nSPS) is 28.2. The highest BCUT2D eigenvalue weighted by molar-refractivity contribution is 6.22. The highest BCUT2D eigenvalue weighted by Gasteiger charge is 2.54. The molecule has 212 valence electrons. The second kappa shape index (κ2) is 9.75. The number of benzene rings is 1. The fourth-order valence-corrected chi connectivity index (χ4v) is 7.23. The maximum atomic E-state index is 13.8. The van der Waals surface area contributed by atoms with Crippen molar-refractivity contribution in [1.29, 1.82) is 5.26 Å². The summed E-state index contributed by atoms with van der Waals surface area (Å²) in [4.78, 5) is 43.1. The van der Waals surface area contributed by atoms with Gasteiger partial charge >= 0.3 is 0 Å². The fraction of sp³-hybridized carbons (Fsp3) is 0.533. The first kappa shape index (κ1) is 27.9. The lowest BCUT2D eigenvalue weighted by Crippen LogP contribution is -2.53. The number of ketones is 2. The van der Waals surface area contributed by atoms with Gasteiger partial charge in [-0.2, -0.15) is 5.26 Å². The molecule has 1 heterocycles. The maximum absolute atomic E-state index is 13.8. The number of primary amides is 1. The SMILES string of the molecule is CN(C)[C@@H]1C(O)=C(C(N)=O)C(=O)[C@H]2C(O)=C3C(=O)c4c(O)cc(CN5CCC(C)(C)CC5)c(C#N)c4C[C@H]3C[C@H]21. The average molecular weight is 549 g/mol.